The lowest BCUT2D eigenvalue weighted by Gasteiger charge is -2.33. The second-order valence-corrected chi connectivity index (χ2v) is 8.63. The number of pyridine rings is 1. The van der Waals surface area contributed by atoms with E-state index in [-0.39, 0.29) is 40.6 Å². The number of amidine groups is 1. The van der Waals surface area contributed by atoms with Gasteiger partial charge in [0.15, 0.2) is 17.5 Å². The van der Waals surface area contributed by atoms with E-state index in [0.717, 1.165) is 0 Å². The van der Waals surface area contributed by atoms with E-state index in [1.54, 1.807) is 19.2 Å². The number of nitrogen functional groups attached to an aromatic ring is 1. The van der Waals surface area contributed by atoms with Crippen LogP contribution in [-0.4, -0.2) is 48.1 Å². The van der Waals surface area contributed by atoms with Crippen molar-refractivity contribution in [2.24, 2.45) is 22.2 Å². The number of nitrogens with two attached hydrogens (primary N) is 3. The maximum Gasteiger partial charge on any atom is 0.261 e. The number of aromatic nitrogens is 1. The molecule has 38 heavy (non-hydrogen) atoms. The summed E-state index contributed by atoms with van der Waals surface area (Å²) < 4.78 is 42.9. The van der Waals surface area contributed by atoms with Crippen LogP contribution in [0.2, 0.25) is 0 Å². The Hall–Kier alpha value is -4.65. The Kier molecular flexibility index (Phi) is 7.76. The number of aliphatic imine (C=N–C) groups is 1. The molecule has 1 aliphatic rings. The quantitative estimate of drug-likeness (QED) is 0.190. The Morgan fingerprint density at radius 2 is 1.76 bits per heavy atom. The van der Waals surface area contributed by atoms with Gasteiger partial charge in [-0.15, -0.1) is 0 Å². The van der Waals surface area contributed by atoms with Crippen molar-refractivity contribution in [3.8, 4) is 29.0 Å². The summed E-state index contributed by atoms with van der Waals surface area (Å²) >= 11 is 0. The zero-order chi connectivity index (χ0) is 27.4. The highest BCUT2D eigenvalue weighted by atomic mass is 19.1. The van der Waals surface area contributed by atoms with E-state index < -0.39 is 29.1 Å². The topological polar surface area (TPSA) is 181 Å². The number of nitrogens with zero attached hydrogens (tertiary/aromatic N) is 3. The SMILES string of the molecule is CN(c1c(F)c(Oc2cccc(N=C(N)N)c2)nc(Oc2cc(C(=N)N)ccc2O)c1F)C1CCNCC1. The van der Waals surface area contributed by atoms with E-state index in [4.69, 9.17) is 32.1 Å². The van der Waals surface area contributed by atoms with Gasteiger partial charge in [-0.25, -0.2) is 4.99 Å². The van der Waals surface area contributed by atoms with Crippen molar-refractivity contribution in [1.82, 2.24) is 10.3 Å². The van der Waals surface area contributed by atoms with Crippen LogP contribution in [0.15, 0.2) is 47.5 Å². The van der Waals surface area contributed by atoms with Crippen LogP contribution < -0.4 is 36.9 Å². The molecule has 0 unspecified atom stereocenters. The molecular formula is C25H28F2N8O3. The largest absolute Gasteiger partial charge is 0.504 e. The van der Waals surface area contributed by atoms with Crippen LogP contribution in [0.1, 0.15) is 18.4 Å². The maximum absolute atomic E-state index is 15.8. The molecule has 11 nitrogen and oxygen atoms in total. The third kappa shape index (κ3) is 5.83. The highest BCUT2D eigenvalue weighted by molar-refractivity contribution is 5.95. The number of anilines is 1. The number of ether oxygens (including phenoxy) is 2. The lowest BCUT2D eigenvalue weighted by molar-refractivity contribution is 0.358. The van der Waals surface area contributed by atoms with E-state index in [9.17, 15) is 5.11 Å². The van der Waals surface area contributed by atoms with Crippen molar-refractivity contribution in [1.29, 1.82) is 5.41 Å². The fourth-order valence-corrected chi connectivity index (χ4v) is 4.06. The van der Waals surface area contributed by atoms with Gasteiger partial charge < -0.3 is 42.0 Å². The first-order valence-corrected chi connectivity index (χ1v) is 11.7. The predicted octanol–water partition coefficient (Wildman–Crippen LogP) is 3.03. The van der Waals surface area contributed by atoms with E-state index in [1.807, 2.05) is 0 Å². The molecule has 1 aromatic heterocycles. The molecule has 1 fully saturated rings. The number of hydrogen-bond donors (Lipinski definition) is 6. The lowest BCUT2D eigenvalue weighted by atomic mass is 10.0. The number of hydrogen-bond acceptors (Lipinski definition) is 8. The minimum atomic E-state index is -1.09. The van der Waals surface area contributed by atoms with Crippen LogP contribution in [-0.2, 0) is 0 Å². The van der Waals surface area contributed by atoms with Crippen LogP contribution in [0, 0.1) is 17.0 Å². The van der Waals surface area contributed by atoms with Crippen molar-refractivity contribution in [2.45, 2.75) is 18.9 Å². The van der Waals surface area contributed by atoms with Crippen LogP contribution >= 0.6 is 0 Å². The molecule has 9 N–H and O–H groups in total. The Morgan fingerprint density at radius 3 is 2.42 bits per heavy atom. The standard InChI is InChI=1S/C25H28F2N8O3/c1-35(15-7-9-32-10-8-15)21-19(26)23(37-16-4-2-3-14(12-16)33-25(30)31)34-24(20(21)27)38-18-11-13(22(28)29)5-6-17(18)36/h2-6,11-12,15,32,36H,7-10H2,1H3,(H3,28,29)(H4,30,31,33). The zero-order valence-electron chi connectivity index (χ0n) is 20.5. The molecule has 0 saturated carbocycles. The second kappa shape index (κ2) is 11.2. The number of guanidine groups is 1. The van der Waals surface area contributed by atoms with Crippen molar-refractivity contribution < 1.29 is 23.4 Å². The first-order chi connectivity index (χ1) is 18.1. The summed E-state index contributed by atoms with van der Waals surface area (Å²) in [6, 6.07) is 9.88. The minimum Gasteiger partial charge on any atom is -0.504 e. The molecular weight excluding hydrogens is 498 g/mol. The van der Waals surface area contributed by atoms with Gasteiger partial charge in [0.1, 0.15) is 17.3 Å². The molecule has 1 saturated heterocycles. The second-order valence-electron chi connectivity index (χ2n) is 8.63. The third-order valence-electron chi connectivity index (χ3n) is 5.97. The number of aromatic hydroxyl groups is 1. The molecule has 13 heteroatoms. The number of nitrogens with one attached hydrogen (secondary N) is 2. The molecule has 1 aliphatic heterocycles. The summed E-state index contributed by atoms with van der Waals surface area (Å²) in [6.45, 7) is 1.39. The van der Waals surface area contributed by atoms with Gasteiger partial charge >= 0.3 is 0 Å². The molecule has 0 amide bonds. The molecule has 4 rings (SSSR count). The predicted molar refractivity (Wildman–Crippen MR) is 140 cm³/mol. The van der Waals surface area contributed by atoms with Crippen molar-refractivity contribution >= 4 is 23.2 Å². The highest BCUT2D eigenvalue weighted by Gasteiger charge is 2.30. The van der Waals surface area contributed by atoms with Crippen molar-refractivity contribution in [2.75, 3.05) is 25.0 Å². The van der Waals surface area contributed by atoms with Gasteiger partial charge in [-0.2, -0.15) is 13.8 Å². The lowest BCUT2D eigenvalue weighted by Crippen LogP contribution is -2.42. The van der Waals surface area contributed by atoms with E-state index in [2.05, 4.69) is 15.3 Å². The van der Waals surface area contributed by atoms with Crippen LogP contribution in [0.5, 0.6) is 29.0 Å². The van der Waals surface area contributed by atoms with E-state index in [0.29, 0.717) is 31.6 Å². The number of piperidine rings is 1. The Bertz CT molecular complexity index is 1370. The molecule has 0 spiro atoms. The van der Waals surface area contributed by atoms with E-state index >= 15 is 8.78 Å². The summed E-state index contributed by atoms with van der Waals surface area (Å²) in [5.41, 5.74) is 16.6. The smallest absolute Gasteiger partial charge is 0.261 e. The van der Waals surface area contributed by atoms with Gasteiger partial charge in [-0.3, -0.25) is 5.41 Å². The fourth-order valence-electron chi connectivity index (χ4n) is 4.06. The van der Waals surface area contributed by atoms with Gasteiger partial charge in [0, 0.05) is 24.7 Å². The highest BCUT2D eigenvalue weighted by Crippen LogP contribution is 2.40. The summed E-state index contributed by atoms with van der Waals surface area (Å²) in [7, 11) is 1.58. The first-order valence-electron chi connectivity index (χ1n) is 11.7. The van der Waals surface area contributed by atoms with Crippen LogP contribution in [0.4, 0.5) is 20.2 Å². The molecule has 3 aromatic rings. The number of halogens is 2. The number of rotatable bonds is 8. The van der Waals surface area contributed by atoms with Crippen LogP contribution in [0.25, 0.3) is 0 Å². The molecule has 0 radical (unpaired) electrons. The fraction of sp³-hybridized carbons (Fsp3) is 0.240. The summed E-state index contributed by atoms with van der Waals surface area (Å²) in [6.07, 6.45) is 1.32. The normalized spacial score (nSPS) is 13.6. The van der Waals surface area contributed by atoms with Crippen molar-refractivity contribution in [3.63, 3.8) is 0 Å². The molecule has 2 heterocycles. The van der Waals surface area contributed by atoms with Gasteiger partial charge in [0.25, 0.3) is 11.8 Å². The number of phenols is 1. The van der Waals surface area contributed by atoms with Gasteiger partial charge in [0.05, 0.1) is 5.69 Å². The summed E-state index contributed by atoms with van der Waals surface area (Å²) in [5.74, 6) is -4.26. The monoisotopic (exact) mass is 526 g/mol. The Balaban J connectivity index is 1.80. The van der Waals surface area contributed by atoms with E-state index in [1.165, 1.54) is 35.2 Å². The molecule has 2 aromatic carbocycles. The summed E-state index contributed by atoms with van der Waals surface area (Å²) in [4.78, 5) is 9.37. The zero-order valence-corrected chi connectivity index (χ0v) is 20.5. The van der Waals surface area contributed by atoms with Gasteiger partial charge in [0.2, 0.25) is 11.6 Å². The Morgan fingerprint density at radius 1 is 1.08 bits per heavy atom. The first kappa shape index (κ1) is 26.4. The van der Waals surface area contributed by atoms with Gasteiger partial charge in [-0.05, 0) is 56.3 Å². The Labute approximate surface area is 217 Å². The molecule has 0 atom stereocenters. The average Bonchev–Trinajstić information content (AvgIpc) is 2.88. The number of phenolic OH excluding ortho intramolecular Hbond substituents is 1. The average molecular weight is 527 g/mol. The summed E-state index contributed by atoms with van der Waals surface area (Å²) in [5, 5.41) is 21.1. The van der Waals surface area contributed by atoms with Crippen LogP contribution in [0.3, 0.4) is 0 Å². The van der Waals surface area contributed by atoms with Gasteiger partial charge in [-0.1, -0.05) is 6.07 Å². The third-order valence-corrected chi connectivity index (χ3v) is 5.97. The molecule has 0 bridgehead atoms. The van der Waals surface area contributed by atoms with Crippen molar-refractivity contribution in [3.05, 3.63) is 59.7 Å². The minimum absolute atomic E-state index is 0.133. The number of benzene rings is 2. The maximum atomic E-state index is 15.8. The molecule has 0 aliphatic carbocycles. The molecule has 200 valence electrons.